The van der Waals surface area contributed by atoms with E-state index in [0.29, 0.717) is 62.4 Å². The molecule has 4 aliphatic heterocycles. The first-order valence-corrected chi connectivity index (χ1v) is 30.9. The molecule has 4 aromatic heterocycles. The van der Waals surface area contributed by atoms with E-state index in [9.17, 15) is 18.3 Å². The number of carbonyl (C=O) groups excluding carboxylic acids is 1. The molecule has 6 N–H and O–H groups in total. The number of benzene rings is 3. The summed E-state index contributed by atoms with van der Waals surface area (Å²) in [6, 6.07) is 19.6. The summed E-state index contributed by atoms with van der Waals surface area (Å²) in [5, 5.41) is 17.7. The minimum absolute atomic E-state index is 0.0166. The molecule has 20 nitrogen and oxygen atoms in total. The summed E-state index contributed by atoms with van der Waals surface area (Å²) in [4.78, 5) is 41.3. The zero-order valence-corrected chi connectivity index (χ0v) is 49.0. The second-order valence-electron chi connectivity index (χ2n) is 24.8. The second kappa shape index (κ2) is 22.0. The lowest BCUT2D eigenvalue weighted by molar-refractivity contribution is -0.0662. The number of carbonyl (C=O) groups is 1. The Morgan fingerprint density at radius 2 is 1.73 bits per heavy atom. The molecule has 1 atom stereocenters. The molecule has 2 saturated carbocycles. The number of hydrogen-bond acceptors (Lipinski definition) is 17. The third-order valence-electron chi connectivity index (χ3n) is 18.8. The Morgan fingerprint density at radius 3 is 2.48 bits per heavy atom. The molecule has 2 spiro atoms. The molecule has 3 aromatic carbocycles. The first-order chi connectivity index (χ1) is 40.5. The van der Waals surface area contributed by atoms with E-state index in [0.717, 1.165) is 101 Å². The lowest BCUT2D eigenvalue weighted by Crippen LogP contribution is -2.61. The summed E-state index contributed by atoms with van der Waals surface area (Å²) in [7, 11) is -1.77. The number of pyridine rings is 2. The van der Waals surface area contributed by atoms with Crippen LogP contribution in [0.4, 0.5) is 21.6 Å². The maximum absolute atomic E-state index is 15.1. The van der Waals surface area contributed by atoms with Gasteiger partial charge in [-0.25, -0.2) is 27.5 Å². The number of ether oxygens (including phenoxy) is 5. The molecule has 22 heteroatoms. The highest BCUT2D eigenvalue weighted by Crippen LogP contribution is 2.54. The van der Waals surface area contributed by atoms with Crippen LogP contribution in [-0.4, -0.2) is 145 Å². The number of H-pyrrole nitrogens is 2. The Kier molecular flexibility index (Phi) is 14.6. The van der Waals surface area contributed by atoms with E-state index in [2.05, 4.69) is 99.2 Å². The number of imidazole rings is 1. The van der Waals surface area contributed by atoms with E-state index in [1.165, 1.54) is 50.0 Å². The molecule has 1 amide bonds. The first kappa shape index (κ1) is 55.9. The van der Waals surface area contributed by atoms with Crippen molar-refractivity contribution in [2.75, 3.05) is 88.8 Å². The van der Waals surface area contributed by atoms with Gasteiger partial charge < -0.3 is 54.3 Å². The van der Waals surface area contributed by atoms with Gasteiger partial charge in [0.05, 0.1) is 55.8 Å². The SMILES string of the molecule is COc1cc(S(=O)(=O)NC(=O)c2ccc(N3CCC4(CC3)CC(N3CCN(Cc5ccnc6c5OCC5(COC5)N6)C[C@H]3c3ccccc3C(C)C)C4)cc2Oc2cc3c(F)c[nH]c3nc2OC)c2nc[nH]c2c1NCC1CCC(C)(O)CC1. The number of nitrogens with one attached hydrogen (secondary N) is 5. The topological polar surface area (TPSA) is 234 Å². The number of rotatable bonds is 16. The Balaban J connectivity index is 0.726. The number of methoxy groups -OCH3 is 2. The van der Waals surface area contributed by atoms with E-state index < -0.39 is 27.3 Å². The van der Waals surface area contributed by atoms with Crippen molar-refractivity contribution in [3.8, 4) is 28.9 Å². The quantitative estimate of drug-likeness (QED) is 0.0529. The highest BCUT2D eigenvalue weighted by Gasteiger charge is 2.51. The Morgan fingerprint density at radius 1 is 0.929 bits per heavy atom. The van der Waals surface area contributed by atoms with Gasteiger partial charge in [0.1, 0.15) is 51.2 Å². The molecule has 2 aliphatic carbocycles. The average molecular weight is 1170 g/mol. The normalized spacial score (nSPS) is 22.5. The van der Waals surface area contributed by atoms with Gasteiger partial charge in [0.25, 0.3) is 21.8 Å². The fourth-order valence-corrected chi connectivity index (χ4v) is 15.0. The molecular weight excluding hydrogens is 1090 g/mol. The molecule has 444 valence electrons. The minimum atomic E-state index is -4.62. The van der Waals surface area contributed by atoms with Gasteiger partial charge in [-0.1, -0.05) is 38.1 Å². The number of fused-ring (bicyclic) bond motifs is 3. The third-order valence-corrected chi connectivity index (χ3v) is 20.1. The summed E-state index contributed by atoms with van der Waals surface area (Å²) in [5.74, 6) is 1.08. The average Bonchev–Trinajstić information content (AvgIpc) is 2.48. The summed E-state index contributed by atoms with van der Waals surface area (Å²) < 4.78 is 76.1. The predicted molar refractivity (Wildman–Crippen MR) is 317 cm³/mol. The van der Waals surface area contributed by atoms with Crippen LogP contribution in [0.3, 0.4) is 0 Å². The van der Waals surface area contributed by atoms with Gasteiger partial charge in [0, 0.05) is 99.7 Å². The molecule has 0 bridgehead atoms. The molecule has 3 saturated heterocycles. The molecular formula is C62H74FN11O9S. The van der Waals surface area contributed by atoms with E-state index in [1.54, 1.807) is 12.1 Å². The maximum Gasteiger partial charge on any atom is 0.268 e. The van der Waals surface area contributed by atoms with Crippen molar-refractivity contribution in [2.45, 2.75) is 113 Å². The molecule has 0 radical (unpaired) electrons. The van der Waals surface area contributed by atoms with Crippen LogP contribution in [-0.2, 0) is 21.3 Å². The van der Waals surface area contributed by atoms with Crippen molar-refractivity contribution < 1.29 is 46.4 Å². The van der Waals surface area contributed by atoms with Crippen molar-refractivity contribution in [3.05, 3.63) is 107 Å². The highest BCUT2D eigenvalue weighted by molar-refractivity contribution is 7.90. The van der Waals surface area contributed by atoms with Crippen LogP contribution in [0.2, 0.25) is 0 Å². The Hall–Kier alpha value is -7.24. The summed E-state index contributed by atoms with van der Waals surface area (Å²) in [6.45, 7) is 13.8. The van der Waals surface area contributed by atoms with Crippen LogP contribution >= 0.6 is 0 Å². The van der Waals surface area contributed by atoms with E-state index >= 15 is 4.39 Å². The van der Waals surface area contributed by atoms with Crippen molar-refractivity contribution in [1.29, 1.82) is 0 Å². The molecule has 8 heterocycles. The molecule has 6 aliphatic rings. The van der Waals surface area contributed by atoms with Crippen molar-refractivity contribution in [2.24, 2.45) is 11.3 Å². The van der Waals surface area contributed by atoms with Gasteiger partial charge in [-0.3, -0.25) is 14.6 Å². The Labute approximate surface area is 488 Å². The van der Waals surface area contributed by atoms with Gasteiger partial charge in [-0.15, -0.1) is 0 Å². The zero-order chi connectivity index (χ0) is 58.1. The number of aliphatic hydroxyl groups is 1. The Bertz CT molecular complexity index is 3730. The number of amides is 1. The molecule has 84 heavy (non-hydrogen) atoms. The summed E-state index contributed by atoms with van der Waals surface area (Å²) >= 11 is 0. The molecule has 7 aromatic rings. The fraction of sp³-hybridized carbons (Fsp3) is 0.484. The number of aromatic amines is 2. The van der Waals surface area contributed by atoms with Crippen LogP contribution in [0.15, 0.2) is 84.3 Å². The van der Waals surface area contributed by atoms with Crippen LogP contribution in [0.25, 0.3) is 22.1 Å². The number of nitrogens with zero attached hydrogens (tertiary/aromatic N) is 6. The zero-order valence-electron chi connectivity index (χ0n) is 48.2. The summed E-state index contributed by atoms with van der Waals surface area (Å²) in [6.07, 6.45) is 11.6. The number of piperidine rings is 1. The van der Waals surface area contributed by atoms with E-state index in [1.807, 2.05) is 19.2 Å². The molecule has 13 rings (SSSR count). The lowest BCUT2D eigenvalue weighted by Gasteiger charge is -2.58. The number of aromatic nitrogens is 5. The van der Waals surface area contributed by atoms with Crippen LogP contribution in [0, 0.1) is 17.2 Å². The number of anilines is 3. The van der Waals surface area contributed by atoms with Gasteiger partial charge in [0.15, 0.2) is 17.3 Å². The maximum atomic E-state index is 15.1. The first-order valence-electron chi connectivity index (χ1n) is 29.4. The van der Waals surface area contributed by atoms with Crippen molar-refractivity contribution in [1.82, 2.24) is 39.4 Å². The summed E-state index contributed by atoms with van der Waals surface area (Å²) in [5.41, 5.74) is 5.17. The number of halogens is 1. The number of piperazine rings is 1. The minimum Gasteiger partial charge on any atom is -0.494 e. The van der Waals surface area contributed by atoms with E-state index in [4.69, 9.17) is 23.7 Å². The monoisotopic (exact) mass is 1170 g/mol. The largest absolute Gasteiger partial charge is 0.494 e. The fourth-order valence-electron chi connectivity index (χ4n) is 13.9. The second-order valence-corrected chi connectivity index (χ2v) is 26.5. The highest BCUT2D eigenvalue weighted by atomic mass is 32.2. The molecule has 5 fully saturated rings. The van der Waals surface area contributed by atoms with Gasteiger partial charge in [-0.05, 0) is 105 Å². The predicted octanol–water partition coefficient (Wildman–Crippen LogP) is 9.26. The van der Waals surface area contributed by atoms with Gasteiger partial charge in [-0.2, -0.15) is 4.98 Å². The number of sulfonamides is 1. The van der Waals surface area contributed by atoms with Crippen molar-refractivity contribution >= 4 is 55.2 Å². The van der Waals surface area contributed by atoms with Crippen LogP contribution in [0.5, 0.6) is 28.9 Å². The van der Waals surface area contributed by atoms with Crippen LogP contribution in [0.1, 0.15) is 111 Å². The smallest absolute Gasteiger partial charge is 0.268 e. The standard InChI is InChI=1S/C62H74FN11O9S/c1-37(2)42-8-6-7-9-43(42)47-32-72(31-39-14-19-64-57-55(39)82-35-62(70-57)33-81-34-62)22-23-74(47)41-27-61(28-41)17-20-73(21-18-61)40-10-11-44(48(24-40)83-50-25-45-46(63)30-66-56(45)69-59(50)80-5)58(75)71-84(77,78)51-26-49(79-4)52(54-53(51)67-36-68-54)65-29-38-12-15-60(3,76)16-13-38/h6-11,14,19,24-26,30,36-38,41,47,65,76H,12-13,15-18,20-23,27-29,31-35H2,1-5H3,(H,64,70)(H,66,69)(H,67,68)(H,71,75)/t38?,47-,60?/m0/s1. The van der Waals surface area contributed by atoms with Gasteiger partial charge >= 0.3 is 0 Å². The third kappa shape index (κ3) is 10.6. The number of hydrogen-bond donors (Lipinski definition) is 6. The van der Waals surface area contributed by atoms with E-state index in [-0.39, 0.29) is 73.1 Å². The molecule has 0 unspecified atom stereocenters. The van der Waals surface area contributed by atoms with Crippen LogP contribution < -0.4 is 39.2 Å². The lowest BCUT2D eigenvalue weighted by atomic mass is 9.59. The van der Waals surface area contributed by atoms with Gasteiger partial charge in [0.2, 0.25) is 0 Å². The van der Waals surface area contributed by atoms with Crippen molar-refractivity contribution in [3.63, 3.8) is 0 Å².